The minimum atomic E-state index is 0.372. The predicted molar refractivity (Wildman–Crippen MR) is 566 cm³/mol. The van der Waals surface area contributed by atoms with Gasteiger partial charge in [-0.3, -0.25) is 0 Å². The maximum absolute atomic E-state index is 7.34. The van der Waals surface area contributed by atoms with Crippen LogP contribution in [0.15, 0.2) is 406 Å². The molecule has 0 bridgehead atoms. The van der Waals surface area contributed by atoms with Gasteiger partial charge in [0.2, 0.25) is 0 Å². The number of para-hydroxylation sites is 4. The number of ether oxygens (including phenoxy) is 2. The molecule has 0 atom stereocenters. The number of fused-ring (bicyclic) bond motifs is 14. The van der Waals surface area contributed by atoms with Crippen LogP contribution in [0.1, 0.15) is 69.8 Å². The molecule has 2 aliphatic rings. The summed E-state index contributed by atoms with van der Waals surface area (Å²) < 4.78 is 14.3. The summed E-state index contributed by atoms with van der Waals surface area (Å²) >= 11 is 0. The van der Waals surface area contributed by atoms with Crippen LogP contribution in [0, 0.1) is 55.4 Å². The van der Waals surface area contributed by atoms with Crippen LogP contribution < -0.4 is 29.1 Å². The van der Waals surface area contributed by atoms with Crippen LogP contribution in [-0.2, 0) is 0 Å². The second kappa shape index (κ2) is 33.0. The van der Waals surface area contributed by atoms with E-state index in [0.717, 1.165) is 113 Å². The van der Waals surface area contributed by atoms with Gasteiger partial charge in [0.1, 0.15) is 23.0 Å². The summed E-state index contributed by atoms with van der Waals surface area (Å²) in [6.07, 6.45) is 0. The Morgan fingerprint density at radius 3 is 1.13 bits per heavy atom. The van der Waals surface area contributed by atoms with Crippen LogP contribution in [0.25, 0.3) is 131 Å². The van der Waals surface area contributed by atoms with Crippen molar-refractivity contribution in [2.75, 3.05) is 19.6 Å². The molecule has 133 heavy (non-hydrogen) atoms. The van der Waals surface area contributed by atoms with Crippen molar-refractivity contribution in [3.63, 3.8) is 0 Å². The average Bonchev–Trinajstić information content (AvgIpc) is 0.708. The van der Waals surface area contributed by atoms with Gasteiger partial charge in [-0.1, -0.05) is 274 Å². The quantitative estimate of drug-likeness (QED) is 0.0951. The fourth-order valence-electron chi connectivity index (χ4n) is 21.4. The summed E-state index contributed by atoms with van der Waals surface area (Å²) in [6.45, 7) is 22.3. The number of hydrogen-bond acceptors (Lipinski definition) is 6. The van der Waals surface area contributed by atoms with E-state index in [-0.39, 0.29) is 0 Å². The van der Waals surface area contributed by atoms with Crippen molar-refractivity contribution in [2.24, 2.45) is 0 Å². The molecule has 2 heterocycles. The molecule has 0 saturated carbocycles. The maximum atomic E-state index is 7.34. The molecule has 0 amide bonds. The lowest BCUT2D eigenvalue weighted by Crippen LogP contribution is -2.14. The van der Waals surface area contributed by atoms with Crippen LogP contribution in [-0.4, -0.2) is 0 Å². The smallest absolute Gasteiger partial charge is 0.137 e. The molecule has 0 saturated heterocycles. The number of anilines is 12. The van der Waals surface area contributed by atoms with Gasteiger partial charge in [0.25, 0.3) is 0 Å². The van der Waals surface area contributed by atoms with Gasteiger partial charge in [-0.15, -0.1) is 0 Å². The molecule has 0 aromatic heterocycles. The van der Waals surface area contributed by atoms with Gasteiger partial charge >= 0.3 is 0 Å². The summed E-state index contributed by atoms with van der Waals surface area (Å²) in [5, 5.41) is 19.1. The highest BCUT2D eigenvalue weighted by atomic mass is 16.5. The summed E-state index contributed by atoms with van der Waals surface area (Å²) in [5.41, 5.74) is 33.8. The largest absolute Gasteiger partial charge is 0.456 e. The third-order valence-electron chi connectivity index (χ3n) is 27.4. The lowest BCUT2D eigenvalue weighted by molar-refractivity contribution is 0.487. The summed E-state index contributed by atoms with van der Waals surface area (Å²) in [4.78, 5) is 9.64. The SMILES string of the molecule is CC(C)c1ccc2c(N(c3ccccc3)c3ccc4ccccc4c3)cc3c4cccc5c4c(cc3c2c1)-c1ccc(N(c2ccccc2)c2ccc3ccccc3c2)cc1O5.Cc1cc(C)c(N(c2ccccc2)c2ccc3c(c2)Oc2cc(-c4ccccc4C)cc4c2c-3cc2c3cc(-c5ccccc5C)ccc3c(N(c3ccccc3)c3c(C)cc(C)cc3C)cc42)c(C)c1. The Hall–Kier alpha value is -16.3. The molecule has 0 N–H and O–H groups in total. The van der Waals surface area contributed by atoms with Crippen molar-refractivity contribution in [1.82, 2.24) is 0 Å². The van der Waals surface area contributed by atoms with E-state index in [1.165, 1.54) is 159 Å². The van der Waals surface area contributed by atoms with Crippen LogP contribution in [0.5, 0.6) is 23.0 Å². The minimum Gasteiger partial charge on any atom is -0.456 e. The Kier molecular flexibility index (Phi) is 20.2. The van der Waals surface area contributed by atoms with Crippen molar-refractivity contribution >= 4 is 154 Å². The fourth-order valence-corrected chi connectivity index (χ4v) is 21.4. The molecule has 0 fully saturated rings. The summed E-state index contributed by atoms with van der Waals surface area (Å²) in [5.74, 6) is 3.78. The third-order valence-corrected chi connectivity index (χ3v) is 27.4. The van der Waals surface area contributed by atoms with E-state index in [0.29, 0.717) is 5.92 Å². The Morgan fingerprint density at radius 2 is 0.586 bits per heavy atom. The Morgan fingerprint density at radius 1 is 0.195 bits per heavy atom. The first-order valence-electron chi connectivity index (χ1n) is 46.3. The van der Waals surface area contributed by atoms with Crippen LogP contribution in [0.4, 0.5) is 68.2 Å². The molecule has 638 valence electrons. The number of aryl methyl sites for hydroxylation is 8. The van der Waals surface area contributed by atoms with E-state index < -0.39 is 0 Å². The highest BCUT2D eigenvalue weighted by Crippen LogP contribution is 2.58. The summed E-state index contributed by atoms with van der Waals surface area (Å²) in [7, 11) is 0. The van der Waals surface area contributed by atoms with Crippen LogP contribution >= 0.6 is 0 Å². The van der Waals surface area contributed by atoms with Gasteiger partial charge in [-0.05, 0) is 344 Å². The molecule has 0 aliphatic carbocycles. The first-order chi connectivity index (χ1) is 65.1. The van der Waals surface area contributed by atoms with Gasteiger partial charge in [0.05, 0.1) is 22.7 Å². The van der Waals surface area contributed by atoms with E-state index in [2.05, 4.69) is 495 Å². The zero-order chi connectivity index (χ0) is 90.0. The molecule has 6 heteroatoms. The first kappa shape index (κ1) is 81.2. The average molecular weight is 1710 g/mol. The van der Waals surface area contributed by atoms with Crippen LogP contribution in [0.3, 0.4) is 0 Å². The van der Waals surface area contributed by atoms with E-state index in [4.69, 9.17) is 9.47 Å². The molecule has 24 rings (SSSR count). The van der Waals surface area contributed by atoms with Gasteiger partial charge in [-0.25, -0.2) is 0 Å². The molecule has 0 radical (unpaired) electrons. The van der Waals surface area contributed by atoms with Crippen molar-refractivity contribution in [3.05, 3.63) is 457 Å². The number of benzene rings is 22. The van der Waals surface area contributed by atoms with Gasteiger partial charge < -0.3 is 29.1 Å². The molecule has 0 spiro atoms. The fraction of sp³-hybridized carbons (Fsp3) is 0.0866. The number of hydrogen-bond donors (Lipinski definition) is 0. The highest BCUT2D eigenvalue weighted by Gasteiger charge is 2.32. The van der Waals surface area contributed by atoms with E-state index in [1.54, 1.807) is 0 Å². The normalized spacial score (nSPS) is 11.9. The Bertz CT molecular complexity index is 8430. The molecule has 22 aromatic rings. The first-order valence-corrected chi connectivity index (χ1v) is 46.3. The van der Waals surface area contributed by atoms with Gasteiger partial charge in [0, 0.05) is 90.3 Å². The second-order valence-corrected chi connectivity index (χ2v) is 36.6. The number of rotatable bonds is 15. The van der Waals surface area contributed by atoms with Gasteiger partial charge in [-0.2, -0.15) is 0 Å². The lowest BCUT2D eigenvalue weighted by Gasteiger charge is -2.32. The Balaban J connectivity index is 0.000000152. The van der Waals surface area contributed by atoms with Crippen molar-refractivity contribution in [2.45, 2.75) is 75.2 Å². The van der Waals surface area contributed by atoms with Crippen LogP contribution in [0.2, 0.25) is 0 Å². The van der Waals surface area contributed by atoms with Crippen molar-refractivity contribution in [1.29, 1.82) is 0 Å². The molecule has 0 unspecified atom stereocenters. The molecule has 2 aliphatic heterocycles. The zero-order valence-electron chi connectivity index (χ0n) is 76.4. The molecular weight excluding hydrogens is 1610 g/mol. The minimum absolute atomic E-state index is 0.372. The molecule has 6 nitrogen and oxygen atoms in total. The standard InChI is InChI=1S/C68H56N2O.C59H42N2O/c1-41-31-45(5)67(46(6)32-41)69(51-21-11-9-12-22-51)53-28-30-57-62-39-59-58-35-49(54-25-17-15-19-43(54)3)27-29-56(58)63(70(52-23-13-10-14-24-52)68-47(7)33-42(2)34-48(68)8)40-60(59)61-36-50(55-26-18-16-20-44(55)4)37-65(66(61)62)71-64(57)38-53;1-38(2)41-26-30-49-52(34-41)53-36-55-50-31-29-48(60(44-18-5-3-6-19-44)46-27-24-39-14-9-11-16-42(39)32-46)35-58(50)62-57-23-13-22-51(59(55)57)54(53)37-56(49)61(45-20-7-4-8-21-45)47-28-25-40-15-10-12-17-43(40)33-47/h9-40H,1-8H3;3-38H,1-2H3. The van der Waals surface area contributed by atoms with Crippen molar-refractivity contribution < 1.29 is 9.47 Å². The predicted octanol–water partition coefficient (Wildman–Crippen LogP) is 36.9. The Labute approximate surface area is 777 Å². The van der Waals surface area contributed by atoms with E-state index >= 15 is 0 Å². The van der Waals surface area contributed by atoms with Crippen molar-refractivity contribution in [3.8, 4) is 67.5 Å². The van der Waals surface area contributed by atoms with Gasteiger partial charge in [0.15, 0.2) is 0 Å². The van der Waals surface area contributed by atoms with E-state index in [9.17, 15) is 0 Å². The topological polar surface area (TPSA) is 31.4 Å². The number of nitrogens with zero attached hydrogens (tertiary/aromatic N) is 4. The zero-order valence-corrected chi connectivity index (χ0v) is 76.4. The highest BCUT2D eigenvalue weighted by molar-refractivity contribution is 6.29. The lowest BCUT2D eigenvalue weighted by atomic mass is 9.85. The monoisotopic (exact) mass is 1710 g/mol. The molecular formula is C127H98N4O2. The molecule has 22 aromatic carbocycles. The second-order valence-electron chi connectivity index (χ2n) is 36.6. The maximum Gasteiger partial charge on any atom is 0.137 e. The third kappa shape index (κ3) is 14.3. The summed E-state index contributed by atoms with van der Waals surface area (Å²) in [6, 6.07) is 149. The van der Waals surface area contributed by atoms with E-state index in [1.807, 2.05) is 0 Å².